The molecule has 1 aromatic rings. The van der Waals surface area contributed by atoms with Gasteiger partial charge in [-0.3, -0.25) is 15.0 Å². The minimum atomic E-state index is -0.748. The number of carbonyl (C=O) groups is 2. The molecule has 3 N–H and O–H groups in total. The van der Waals surface area contributed by atoms with Crippen LogP contribution < -0.4 is 10.6 Å². The van der Waals surface area contributed by atoms with Crippen molar-refractivity contribution in [1.82, 2.24) is 15.5 Å². The molecule has 110 valence electrons. The van der Waals surface area contributed by atoms with Crippen LogP contribution in [0.15, 0.2) is 22.8 Å². The number of furan rings is 1. The lowest BCUT2D eigenvalue weighted by atomic mass is 10.1. The molecule has 0 saturated carbocycles. The third-order valence-electron chi connectivity index (χ3n) is 3.15. The van der Waals surface area contributed by atoms with Crippen LogP contribution in [0.2, 0.25) is 0 Å². The number of nitrogens with zero attached hydrogens (tertiary/aromatic N) is 1. The standard InChI is InChI=1S/C13H19N3O4/c1-13(19)4-5-16(9-13)8-11(17)15-12(18)14-7-10-3-2-6-20-10/h2-3,6,19H,4-5,7-9H2,1H3,(H2,14,15,17,18). The molecule has 1 fully saturated rings. The van der Waals surface area contributed by atoms with Crippen molar-refractivity contribution < 1.29 is 19.1 Å². The average molecular weight is 281 g/mol. The van der Waals surface area contributed by atoms with Gasteiger partial charge in [0.2, 0.25) is 5.91 Å². The molecular weight excluding hydrogens is 262 g/mol. The Morgan fingerprint density at radius 1 is 1.55 bits per heavy atom. The molecule has 7 heteroatoms. The smallest absolute Gasteiger partial charge is 0.321 e. The quantitative estimate of drug-likeness (QED) is 0.725. The molecule has 1 aliphatic rings. The molecule has 3 amide bonds. The van der Waals surface area contributed by atoms with Crippen LogP contribution in [-0.4, -0.2) is 47.2 Å². The molecule has 2 heterocycles. The number of rotatable bonds is 4. The highest BCUT2D eigenvalue weighted by molar-refractivity contribution is 5.95. The Bertz CT molecular complexity index is 470. The number of urea groups is 1. The summed E-state index contributed by atoms with van der Waals surface area (Å²) in [6, 6.07) is 2.89. The first kappa shape index (κ1) is 14.5. The average Bonchev–Trinajstić information content (AvgIpc) is 2.96. The summed E-state index contributed by atoms with van der Waals surface area (Å²) in [6.07, 6.45) is 2.14. The maximum absolute atomic E-state index is 11.7. The Morgan fingerprint density at radius 3 is 2.95 bits per heavy atom. The van der Waals surface area contributed by atoms with Gasteiger partial charge in [0.05, 0.1) is 25.0 Å². The highest BCUT2D eigenvalue weighted by atomic mass is 16.3. The molecular formula is C13H19N3O4. The monoisotopic (exact) mass is 281 g/mol. The Labute approximate surface area is 116 Å². The van der Waals surface area contributed by atoms with Crippen LogP contribution in [0.5, 0.6) is 0 Å². The fraction of sp³-hybridized carbons (Fsp3) is 0.538. The third-order valence-corrected chi connectivity index (χ3v) is 3.15. The van der Waals surface area contributed by atoms with Crippen LogP contribution >= 0.6 is 0 Å². The second-order valence-electron chi connectivity index (χ2n) is 5.27. The van der Waals surface area contributed by atoms with Crippen molar-refractivity contribution in [2.45, 2.75) is 25.5 Å². The maximum Gasteiger partial charge on any atom is 0.321 e. The van der Waals surface area contributed by atoms with E-state index in [0.717, 1.165) is 0 Å². The van der Waals surface area contributed by atoms with Crippen LogP contribution in [0.1, 0.15) is 19.1 Å². The molecule has 20 heavy (non-hydrogen) atoms. The molecule has 1 saturated heterocycles. The zero-order valence-corrected chi connectivity index (χ0v) is 11.4. The number of carbonyl (C=O) groups excluding carboxylic acids is 2. The number of nitrogens with one attached hydrogen (secondary N) is 2. The molecule has 1 unspecified atom stereocenters. The summed E-state index contributed by atoms with van der Waals surface area (Å²) in [5, 5.41) is 14.6. The number of amides is 3. The van der Waals surface area contributed by atoms with Gasteiger partial charge in [0, 0.05) is 13.1 Å². The van der Waals surface area contributed by atoms with Crippen LogP contribution in [-0.2, 0) is 11.3 Å². The normalized spacial score (nSPS) is 22.7. The van der Waals surface area contributed by atoms with Gasteiger partial charge in [0.25, 0.3) is 0 Å². The van der Waals surface area contributed by atoms with E-state index in [2.05, 4.69) is 10.6 Å². The molecule has 0 spiro atoms. The Morgan fingerprint density at radius 2 is 2.35 bits per heavy atom. The number of β-amino-alcohol motifs (C(OH)–C–C–N with tert-alkyl or cyclic N) is 1. The van der Waals surface area contributed by atoms with E-state index < -0.39 is 11.6 Å². The van der Waals surface area contributed by atoms with Gasteiger partial charge in [-0.15, -0.1) is 0 Å². The van der Waals surface area contributed by atoms with Crippen molar-refractivity contribution in [2.75, 3.05) is 19.6 Å². The predicted octanol–water partition coefficient (Wildman–Crippen LogP) is 0.0621. The van der Waals surface area contributed by atoms with Crippen molar-refractivity contribution in [2.24, 2.45) is 0 Å². The largest absolute Gasteiger partial charge is 0.467 e. The van der Waals surface area contributed by atoms with E-state index >= 15 is 0 Å². The van der Waals surface area contributed by atoms with Crippen molar-refractivity contribution in [1.29, 1.82) is 0 Å². The molecule has 7 nitrogen and oxygen atoms in total. The summed E-state index contributed by atoms with van der Waals surface area (Å²) < 4.78 is 5.06. The number of hydrogen-bond acceptors (Lipinski definition) is 5. The minimum Gasteiger partial charge on any atom is -0.467 e. The summed E-state index contributed by atoms with van der Waals surface area (Å²) in [6.45, 7) is 3.15. The molecule has 1 atom stereocenters. The lowest BCUT2D eigenvalue weighted by Gasteiger charge is -2.18. The van der Waals surface area contributed by atoms with Gasteiger partial charge >= 0.3 is 6.03 Å². The Balaban J connectivity index is 1.67. The second-order valence-corrected chi connectivity index (χ2v) is 5.27. The summed E-state index contributed by atoms with van der Waals surface area (Å²) in [4.78, 5) is 25.0. The topological polar surface area (TPSA) is 94.8 Å². The summed E-state index contributed by atoms with van der Waals surface area (Å²) in [7, 11) is 0. The third kappa shape index (κ3) is 4.36. The van der Waals surface area contributed by atoms with Gasteiger partial charge in [0.1, 0.15) is 5.76 Å². The van der Waals surface area contributed by atoms with Crippen LogP contribution in [0.25, 0.3) is 0 Å². The van der Waals surface area contributed by atoms with Gasteiger partial charge in [0.15, 0.2) is 0 Å². The summed E-state index contributed by atoms with van der Waals surface area (Å²) in [5.41, 5.74) is -0.748. The second kappa shape index (κ2) is 6.06. The molecule has 0 aromatic carbocycles. The van der Waals surface area contributed by atoms with Gasteiger partial charge in [-0.25, -0.2) is 4.79 Å². The van der Waals surface area contributed by atoms with E-state index in [9.17, 15) is 14.7 Å². The van der Waals surface area contributed by atoms with E-state index in [0.29, 0.717) is 25.3 Å². The number of likely N-dealkylation sites (tertiary alicyclic amines) is 1. The highest BCUT2D eigenvalue weighted by Crippen LogP contribution is 2.19. The first-order valence-corrected chi connectivity index (χ1v) is 6.49. The van der Waals surface area contributed by atoms with E-state index in [1.54, 1.807) is 19.1 Å². The predicted molar refractivity (Wildman–Crippen MR) is 70.8 cm³/mol. The van der Waals surface area contributed by atoms with E-state index in [-0.39, 0.29) is 19.0 Å². The van der Waals surface area contributed by atoms with E-state index in [4.69, 9.17) is 4.42 Å². The summed E-state index contributed by atoms with van der Waals surface area (Å²) >= 11 is 0. The van der Waals surface area contributed by atoms with Crippen molar-refractivity contribution in [3.8, 4) is 0 Å². The highest BCUT2D eigenvalue weighted by Gasteiger charge is 2.32. The lowest BCUT2D eigenvalue weighted by Crippen LogP contribution is -2.44. The van der Waals surface area contributed by atoms with Crippen LogP contribution in [0, 0.1) is 0 Å². The maximum atomic E-state index is 11.7. The van der Waals surface area contributed by atoms with Crippen LogP contribution in [0.3, 0.4) is 0 Å². The SMILES string of the molecule is CC1(O)CCN(CC(=O)NC(=O)NCc2ccco2)C1. The fourth-order valence-electron chi connectivity index (χ4n) is 2.17. The van der Waals surface area contributed by atoms with Gasteiger partial charge < -0.3 is 14.8 Å². The minimum absolute atomic E-state index is 0.102. The fourth-order valence-corrected chi connectivity index (χ4v) is 2.17. The zero-order valence-electron chi connectivity index (χ0n) is 11.4. The number of aliphatic hydroxyl groups is 1. The van der Waals surface area contributed by atoms with Crippen LogP contribution in [0.4, 0.5) is 4.79 Å². The Hall–Kier alpha value is -1.86. The first-order valence-electron chi connectivity index (χ1n) is 6.49. The Kier molecular flexibility index (Phi) is 4.41. The van der Waals surface area contributed by atoms with Gasteiger partial charge in [-0.1, -0.05) is 0 Å². The molecule has 0 bridgehead atoms. The van der Waals surface area contributed by atoms with E-state index in [1.807, 2.05) is 4.90 Å². The zero-order chi connectivity index (χ0) is 14.6. The lowest BCUT2D eigenvalue weighted by molar-refractivity contribution is -0.121. The first-order chi connectivity index (χ1) is 9.44. The molecule has 0 radical (unpaired) electrons. The molecule has 1 aliphatic heterocycles. The molecule has 0 aliphatic carbocycles. The van der Waals surface area contributed by atoms with Crippen molar-refractivity contribution >= 4 is 11.9 Å². The van der Waals surface area contributed by atoms with Crippen molar-refractivity contribution in [3.63, 3.8) is 0 Å². The van der Waals surface area contributed by atoms with E-state index in [1.165, 1.54) is 6.26 Å². The molecule has 2 rings (SSSR count). The number of imide groups is 1. The number of hydrogen-bond donors (Lipinski definition) is 3. The summed E-state index contributed by atoms with van der Waals surface area (Å²) in [5.74, 6) is 0.225. The molecule has 1 aromatic heterocycles. The van der Waals surface area contributed by atoms with Gasteiger partial charge in [-0.2, -0.15) is 0 Å². The van der Waals surface area contributed by atoms with Gasteiger partial charge in [-0.05, 0) is 25.5 Å². The van der Waals surface area contributed by atoms with Crippen molar-refractivity contribution in [3.05, 3.63) is 24.2 Å².